The van der Waals surface area contributed by atoms with Crippen LogP contribution in [0.25, 0.3) is 4.85 Å². The molecule has 1 rings (SSSR count). The number of nitrogens with zero attached hydrogens (tertiary/aromatic N) is 1. The fourth-order valence-electron chi connectivity index (χ4n) is 0.973. The molecule has 0 aromatic carbocycles. The van der Waals surface area contributed by atoms with Gasteiger partial charge in [-0.05, 0) is 19.4 Å². The van der Waals surface area contributed by atoms with Crippen molar-refractivity contribution in [1.82, 2.24) is 5.32 Å². The van der Waals surface area contributed by atoms with Crippen molar-refractivity contribution in [3.05, 3.63) is 11.4 Å². The maximum atomic E-state index is 10.6. The molecule has 0 radical (unpaired) electrons. The van der Waals surface area contributed by atoms with E-state index >= 15 is 0 Å². The van der Waals surface area contributed by atoms with Crippen LogP contribution in [0.3, 0.4) is 0 Å². The first kappa shape index (κ1) is 6.24. The molecule has 3 nitrogen and oxygen atoms in total. The van der Waals surface area contributed by atoms with Gasteiger partial charge >= 0.3 is 5.91 Å². The molecule has 1 N–H and O–H groups in total. The van der Waals surface area contributed by atoms with Crippen LogP contribution in [-0.4, -0.2) is 18.5 Å². The van der Waals surface area contributed by atoms with Gasteiger partial charge in [-0.1, -0.05) is 0 Å². The Hall–Kier alpha value is -0.880. The highest BCUT2D eigenvalue weighted by atomic mass is 16.1. The molecule has 0 bridgehead atoms. The van der Waals surface area contributed by atoms with Gasteiger partial charge in [0.05, 0.1) is 12.6 Å². The van der Waals surface area contributed by atoms with E-state index < -0.39 is 0 Å². The van der Waals surface area contributed by atoms with Gasteiger partial charge in [0.25, 0.3) is 0 Å². The first-order valence-electron chi connectivity index (χ1n) is 2.99. The van der Waals surface area contributed by atoms with Gasteiger partial charge in [-0.15, -0.1) is 0 Å². The highest BCUT2D eigenvalue weighted by Crippen LogP contribution is 2.05. The quantitative estimate of drug-likeness (QED) is 0.506. The SMILES string of the molecule is [C-]#[N+]C(=O)[C@@H]1CCCN1. The standard InChI is InChI=1S/C6H8N2O/c1-7-6(9)5-3-2-4-8-5/h5,8H,2-4H2/t5-/m0/s1. The molecule has 1 heterocycles. The molecule has 0 spiro atoms. The van der Waals surface area contributed by atoms with Gasteiger partial charge in [0.1, 0.15) is 0 Å². The third-order valence-corrected chi connectivity index (χ3v) is 1.47. The molecule has 0 unspecified atom stereocenters. The third-order valence-electron chi connectivity index (χ3n) is 1.47. The molecule has 3 heteroatoms. The van der Waals surface area contributed by atoms with Crippen LogP contribution >= 0.6 is 0 Å². The van der Waals surface area contributed by atoms with E-state index in [4.69, 9.17) is 6.57 Å². The third kappa shape index (κ3) is 1.27. The summed E-state index contributed by atoms with van der Waals surface area (Å²) in [4.78, 5) is 13.4. The van der Waals surface area contributed by atoms with Crippen molar-refractivity contribution >= 4 is 5.91 Å². The van der Waals surface area contributed by atoms with Crippen molar-refractivity contribution in [2.75, 3.05) is 6.54 Å². The van der Waals surface area contributed by atoms with Crippen LogP contribution in [0, 0.1) is 6.57 Å². The van der Waals surface area contributed by atoms with Crippen LogP contribution in [0.5, 0.6) is 0 Å². The molecule has 0 aliphatic carbocycles. The number of hydrogen-bond acceptors (Lipinski definition) is 2. The van der Waals surface area contributed by atoms with Gasteiger partial charge in [0.2, 0.25) is 0 Å². The van der Waals surface area contributed by atoms with Crippen molar-refractivity contribution in [3.8, 4) is 0 Å². The monoisotopic (exact) mass is 124 g/mol. The van der Waals surface area contributed by atoms with E-state index in [0.717, 1.165) is 19.4 Å². The first-order chi connectivity index (χ1) is 4.34. The lowest BCUT2D eigenvalue weighted by Gasteiger charge is -1.99. The van der Waals surface area contributed by atoms with Crippen LogP contribution in [-0.2, 0) is 4.79 Å². The summed E-state index contributed by atoms with van der Waals surface area (Å²) in [6.45, 7) is 7.29. The van der Waals surface area contributed by atoms with Crippen LogP contribution in [0.1, 0.15) is 12.8 Å². The Morgan fingerprint density at radius 1 is 1.78 bits per heavy atom. The van der Waals surface area contributed by atoms with Crippen molar-refractivity contribution in [2.45, 2.75) is 18.9 Å². The Morgan fingerprint density at radius 2 is 2.56 bits per heavy atom. The molecule has 1 amide bonds. The van der Waals surface area contributed by atoms with Gasteiger partial charge in [-0.25, -0.2) is 0 Å². The maximum Gasteiger partial charge on any atom is 0.372 e. The van der Waals surface area contributed by atoms with Crippen LogP contribution in [0.4, 0.5) is 0 Å². The van der Waals surface area contributed by atoms with Gasteiger partial charge in [0.15, 0.2) is 0 Å². The Kier molecular flexibility index (Phi) is 1.81. The molecule has 1 atom stereocenters. The summed E-state index contributed by atoms with van der Waals surface area (Å²) in [6.07, 6.45) is 1.85. The summed E-state index contributed by atoms with van der Waals surface area (Å²) < 4.78 is 0. The zero-order valence-corrected chi connectivity index (χ0v) is 5.05. The minimum atomic E-state index is -0.340. The van der Waals surface area contributed by atoms with E-state index in [2.05, 4.69) is 10.2 Å². The molecular formula is C6H8N2O. The lowest BCUT2D eigenvalue weighted by molar-refractivity contribution is -0.116. The number of amides is 1. The number of hydrogen-bond donors (Lipinski definition) is 1. The van der Waals surface area contributed by atoms with Gasteiger partial charge < -0.3 is 10.1 Å². The second kappa shape index (κ2) is 2.60. The van der Waals surface area contributed by atoms with E-state index in [-0.39, 0.29) is 11.9 Å². The minimum absolute atomic E-state index is 0.164. The van der Waals surface area contributed by atoms with Crippen molar-refractivity contribution < 1.29 is 4.79 Å². The van der Waals surface area contributed by atoms with E-state index in [0.29, 0.717) is 0 Å². The smallest absolute Gasteiger partial charge is 0.316 e. The predicted molar refractivity (Wildman–Crippen MR) is 32.6 cm³/mol. The maximum absolute atomic E-state index is 10.6. The zero-order chi connectivity index (χ0) is 6.69. The second-order valence-corrected chi connectivity index (χ2v) is 2.10. The van der Waals surface area contributed by atoms with Crippen molar-refractivity contribution in [2.24, 2.45) is 0 Å². The molecule has 48 valence electrons. The zero-order valence-electron chi connectivity index (χ0n) is 5.05. The molecule has 1 aliphatic rings. The van der Waals surface area contributed by atoms with Crippen molar-refractivity contribution in [3.63, 3.8) is 0 Å². The molecule has 0 aromatic heterocycles. The first-order valence-corrected chi connectivity index (χ1v) is 2.99. The lowest BCUT2D eigenvalue weighted by atomic mass is 10.2. The Labute approximate surface area is 53.9 Å². The summed E-state index contributed by atoms with van der Waals surface area (Å²) in [7, 11) is 0. The molecule has 0 saturated carbocycles. The molecule has 1 aliphatic heterocycles. The van der Waals surface area contributed by atoms with Crippen molar-refractivity contribution in [1.29, 1.82) is 0 Å². The van der Waals surface area contributed by atoms with E-state index in [1.165, 1.54) is 0 Å². The predicted octanol–water partition coefficient (Wildman–Crippen LogP) is 0.184. The summed E-state index contributed by atoms with van der Waals surface area (Å²) in [5.41, 5.74) is 0. The summed E-state index contributed by atoms with van der Waals surface area (Å²) in [5.74, 6) is -0.340. The topological polar surface area (TPSA) is 33.5 Å². The van der Waals surface area contributed by atoms with Crippen LogP contribution in [0.2, 0.25) is 0 Å². The van der Waals surface area contributed by atoms with Gasteiger partial charge in [0, 0.05) is 0 Å². The number of carbonyl (C=O) groups is 1. The Morgan fingerprint density at radius 3 is 3.00 bits per heavy atom. The normalized spacial score (nSPS) is 25.4. The largest absolute Gasteiger partial charge is 0.372 e. The average Bonchev–Trinajstić information content (AvgIpc) is 2.37. The fraction of sp³-hybridized carbons (Fsp3) is 0.667. The fourth-order valence-corrected chi connectivity index (χ4v) is 0.973. The number of nitrogens with one attached hydrogen (secondary N) is 1. The summed E-state index contributed by atoms with van der Waals surface area (Å²) in [6, 6.07) is -0.164. The average molecular weight is 124 g/mol. The minimum Gasteiger partial charge on any atom is -0.316 e. The molecule has 1 saturated heterocycles. The van der Waals surface area contributed by atoms with E-state index in [1.54, 1.807) is 0 Å². The van der Waals surface area contributed by atoms with E-state index in [1.807, 2.05) is 0 Å². The van der Waals surface area contributed by atoms with Crippen LogP contribution < -0.4 is 5.32 Å². The lowest BCUT2D eigenvalue weighted by Crippen LogP contribution is -2.28. The second-order valence-electron chi connectivity index (χ2n) is 2.10. The molecule has 1 fully saturated rings. The summed E-state index contributed by atoms with van der Waals surface area (Å²) in [5, 5.41) is 2.94. The van der Waals surface area contributed by atoms with Gasteiger partial charge in [-0.3, -0.25) is 0 Å². The Balaban J connectivity index is 2.44. The summed E-state index contributed by atoms with van der Waals surface area (Å²) >= 11 is 0. The number of rotatable bonds is 1. The van der Waals surface area contributed by atoms with E-state index in [9.17, 15) is 4.79 Å². The van der Waals surface area contributed by atoms with Crippen LogP contribution in [0.15, 0.2) is 0 Å². The molecule has 0 aromatic rings. The number of carbonyl (C=O) groups excluding carboxylic acids is 1. The highest BCUT2D eigenvalue weighted by molar-refractivity contribution is 5.90. The van der Waals surface area contributed by atoms with Gasteiger partial charge in [-0.2, -0.15) is 4.85 Å². The molecule has 9 heavy (non-hydrogen) atoms. The molecular weight excluding hydrogens is 116 g/mol. The highest BCUT2D eigenvalue weighted by Gasteiger charge is 2.21. The Bertz CT molecular complexity index is 153.